The molecule has 1 spiro atoms. The lowest BCUT2D eigenvalue weighted by Gasteiger charge is -2.42. The van der Waals surface area contributed by atoms with Gasteiger partial charge in [0.15, 0.2) is 0 Å². The van der Waals surface area contributed by atoms with Crippen molar-refractivity contribution in [3.63, 3.8) is 0 Å². The second kappa shape index (κ2) is 7.92. The van der Waals surface area contributed by atoms with Gasteiger partial charge < -0.3 is 10.6 Å². The van der Waals surface area contributed by atoms with E-state index in [-0.39, 0.29) is 0 Å². The first-order chi connectivity index (χ1) is 14.1. The van der Waals surface area contributed by atoms with Crippen molar-refractivity contribution in [3.8, 4) is 0 Å². The van der Waals surface area contributed by atoms with Gasteiger partial charge in [-0.3, -0.25) is 0 Å². The Hall–Kier alpha value is -1.01. The van der Waals surface area contributed by atoms with Crippen molar-refractivity contribution in [3.05, 3.63) is 40.1 Å². The van der Waals surface area contributed by atoms with Crippen LogP contribution in [0.15, 0.2) is 34.3 Å². The summed E-state index contributed by atoms with van der Waals surface area (Å²) in [6, 6.07) is 6.09. The maximum atomic E-state index is 6.45. The van der Waals surface area contributed by atoms with Crippen LogP contribution in [0.5, 0.6) is 0 Å². The van der Waals surface area contributed by atoms with E-state index in [0.29, 0.717) is 27.4 Å². The highest BCUT2D eigenvalue weighted by atomic mass is 35.5. The highest BCUT2D eigenvalue weighted by molar-refractivity contribution is 7.99. The third-order valence-electron chi connectivity index (χ3n) is 6.90. The first kappa shape index (κ1) is 19.9. The van der Waals surface area contributed by atoms with Crippen LogP contribution < -0.4 is 10.6 Å². The topological polar surface area (TPSA) is 55.0 Å². The van der Waals surface area contributed by atoms with Gasteiger partial charge in [0, 0.05) is 29.9 Å². The number of rotatable bonds is 4. The van der Waals surface area contributed by atoms with E-state index < -0.39 is 0 Å². The van der Waals surface area contributed by atoms with Crippen LogP contribution in [0.4, 0.5) is 5.82 Å². The maximum Gasteiger partial charge on any atom is 0.147 e. The van der Waals surface area contributed by atoms with Crippen LogP contribution in [0.2, 0.25) is 10.0 Å². The predicted octanol–water partition coefficient (Wildman–Crippen LogP) is 5.91. The third kappa shape index (κ3) is 3.87. The van der Waals surface area contributed by atoms with Crippen LogP contribution in [0.25, 0.3) is 0 Å². The Morgan fingerprint density at radius 1 is 1.10 bits per heavy atom. The first-order valence-electron chi connectivity index (χ1n) is 10.6. The van der Waals surface area contributed by atoms with Crippen molar-refractivity contribution in [2.45, 2.75) is 66.8 Å². The second-order valence-corrected chi connectivity index (χ2v) is 10.5. The Morgan fingerprint density at radius 3 is 2.59 bits per heavy atom. The fourth-order valence-electron chi connectivity index (χ4n) is 4.87. The molecule has 0 bridgehead atoms. The SMILES string of the molecule is N[C@@H]1CCCC12CCN(c1cnc(Sc3cccc(Cl)c3Cl)c(C3CC3)n1)CC2. The monoisotopic (exact) mass is 448 g/mol. The zero-order valence-electron chi connectivity index (χ0n) is 16.4. The van der Waals surface area contributed by atoms with E-state index in [1.807, 2.05) is 24.4 Å². The lowest BCUT2D eigenvalue weighted by molar-refractivity contribution is 0.197. The average Bonchev–Trinajstić information content (AvgIpc) is 3.52. The largest absolute Gasteiger partial charge is 0.355 e. The van der Waals surface area contributed by atoms with Crippen LogP contribution >= 0.6 is 35.0 Å². The molecule has 4 nitrogen and oxygen atoms in total. The van der Waals surface area contributed by atoms with Gasteiger partial charge in [-0.05, 0) is 56.1 Å². The molecule has 29 heavy (non-hydrogen) atoms. The van der Waals surface area contributed by atoms with Crippen LogP contribution in [0.3, 0.4) is 0 Å². The summed E-state index contributed by atoms with van der Waals surface area (Å²) in [5.74, 6) is 1.53. The number of anilines is 1. The second-order valence-electron chi connectivity index (χ2n) is 8.70. The highest BCUT2D eigenvalue weighted by Gasteiger charge is 2.43. The number of hydrogen-bond donors (Lipinski definition) is 1. The molecule has 2 aromatic rings. The minimum atomic E-state index is 0.363. The smallest absolute Gasteiger partial charge is 0.147 e. The molecule has 2 aliphatic carbocycles. The molecule has 1 aromatic carbocycles. The molecule has 3 aliphatic rings. The number of nitrogens with two attached hydrogens (primary N) is 1. The van der Waals surface area contributed by atoms with Crippen molar-refractivity contribution < 1.29 is 0 Å². The Labute approximate surface area is 186 Å². The molecule has 0 radical (unpaired) electrons. The molecule has 1 atom stereocenters. The number of piperidine rings is 1. The summed E-state index contributed by atoms with van der Waals surface area (Å²) in [4.78, 5) is 13.2. The van der Waals surface area contributed by atoms with E-state index in [2.05, 4.69) is 4.90 Å². The summed E-state index contributed by atoms with van der Waals surface area (Å²) >= 11 is 14.2. The summed E-state index contributed by atoms with van der Waals surface area (Å²) in [6.45, 7) is 2.05. The maximum absolute atomic E-state index is 6.45. The lowest BCUT2D eigenvalue weighted by Crippen LogP contribution is -2.47. The summed E-state index contributed by atoms with van der Waals surface area (Å²) < 4.78 is 0. The fraction of sp³-hybridized carbons (Fsp3) is 0.545. The van der Waals surface area contributed by atoms with Gasteiger partial charge >= 0.3 is 0 Å². The van der Waals surface area contributed by atoms with Crippen molar-refractivity contribution in [1.82, 2.24) is 9.97 Å². The number of benzene rings is 1. The standard InChI is InChI=1S/C22H26Cl2N4S/c23-15-3-1-4-16(19(15)24)29-21-20(14-6-7-14)27-18(13-26-21)28-11-9-22(10-12-28)8-2-5-17(22)25/h1,3-4,13-14,17H,2,5-12,25H2/t17-/m1/s1. The Kier molecular flexibility index (Phi) is 5.44. The minimum Gasteiger partial charge on any atom is -0.355 e. The number of aromatic nitrogens is 2. The van der Waals surface area contributed by atoms with Crippen molar-refractivity contribution in [1.29, 1.82) is 0 Å². The van der Waals surface area contributed by atoms with Gasteiger partial charge in [-0.2, -0.15) is 0 Å². The summed E-state index contributed by atoms with van der Waals surface area (Å²) in [5.41, 5.74) is 7.92. The van der Waals surface area contributed by atoms with Crippen molar-refractivity contribution >= 4 is 40.8 Å². The van der Waals surface area contributed by atoms with Crippen LogP contribution in [0.1, 0.15) is 56.6 Å². The van der Waals surface area contributed by atoms with Gasteiger partial charge in [0.25, 0.3) is 0 Å². The quantitative estimate of drug-likeness (QED) is 0.629. The Bertz CT molecular complexity index is 910. The van der Waals surface area contributed by atoms with Gasteiger partial charge in [0.1, 0.15) is 10.8 Å². The van der Waals surface area contributed by atoms with E-state index in [0.717, 1.165) is 34.5 Å². The Morgan fingerprint density at radius 2 is 1.90 bits per heavy atom. The van der Waals surface area contributed by atoms with E-state index in [9.17, 15) is 0 Å². The van der Waals surface area contributed by atoms with Gasteiger partial charge in [0.05, 0.1) is 21.9 Å². The predicted molar refractivity (Wildman–Crippen MR) is 120 cm³/mol. The van der Waals surface area contributed by atoms with Crippen LogP contribution in [-0.2, 0) is 0 Å². The lowest BCUT2D eigenvalue weighted by atomic mass is 9.74. The van der Waals surface area contributed by atoms with Crippen LogP contribution in [0, 0.1) is 5.41 Å². The molecule has 0 amide bonds. The molecule has 154 valence electrons. The summed E-state index contributed by atoms with van der Waals surface area (Å²) in [7, 11) is 0. The number of hydrogen-bond acceptors (Lipinski definition) is 5. The van der Waals surface area contributed by atoms with Gasteiger partial charge in [0.2, 0.25) is 0 Å². The molecule has 2 saturated carbocycles. The summed E-state index contributed by atoms with van der Waals surface area (Å²) in [6.07, 6.45) is 10.4. The molecule has 2 heterocycles. The van der Waals surface area contributed by atoms with Gasteiger partial charge in [-0.25, -0.2) is 9.97 Å². The zero-order chi connectivity index (χ0) is 20.0. The first-order valence-corrected chi connectivity index (χ1v) is 12.1. The molecular formula is C22H26Cl2N4S. The van der Waals surface area contributed by atoms with E-state index >= 15 is 0 Å². The van der Waals surface area contributed by atoms with E-state index in [1.165, 1.54) is 44.9 Å². The normalized spacial score (nSPS) is 23.7. The Balaban J connectivity index is 1.36. The molecule has 1 aliphatic heterocycles. The zero-order valence-corrected chi connectivity index (χ0v) is 18.7. The minimum absolute atomic E-state index is 0.363. The van der Waals surface area contributed by atoms with E-state index in [4.69, 9.17) is 38.9 Å². The molecule has 7 heteroatoms. The molecule has 0 unspecified atom stereocenters. The molecule has 3 fully saturated rings. The van der Waals surface area contributed by atoms with Crippen LogP contribution in [-0.4, -0.2) is 29.1 Å². The van der Waals surface area contributed by atoms with Gasteiger partial charge in [-0.1, -0.05) is 47.5 Å². The van der Waals surface area contributed by atoms with E-state index in [1.54, 1.807) is 11.8 Å². The molecule has 1 aromatic heterocycles. The van der Waals surface area contributed by atoms with Crippen molar-refractivity contribution in [2.75, 3.05) is 18.0 Å². The third-order valence-corrected chi connectivity index (χ3v) is 8.90. The fourth-order valence-corrected chi connectivity index (χ4v) is 6.32. The average molecular weight is 449 g/mol. The molecule has 5 rings (SSSR count). The molecule has 2 N–H and O–H groups in total. The highest BCUT2D eigenvalue weighted by Crippen LogP contribution is 2.48. The molecular weight excluding hydrogens is 423 g/mol. The summed E-state index contributed by atoms with van der Waals surface area (Å²) in [5, 5.41) is 2.11. The molecule has 1 saturated heterocycles. The number of nitrogens with zero attached hydrogens (tertiary/aromatic N) is 3. The van der Waals surface area contributed by atoms with Gasteiger partial charge in [-0.15, -0.1) is 0 Å². The number of halogens is 2. The van der Waals surface area contributed by atoms with Crippen molar-refractivity contribution in [2.24, 2.45) is 11.1 Å².